The summed E-state index contributed by atoms with van der Waals surface area (Å²) >= 11 is 0. The highest BCUT2D eigenvalue weighted by molar-refractivity contribution is 7.86. The third-order valence-electron chi connectivity index (χ3n) is 21.5. The number of fused-ring (bicyclic) bond motifs is 6. The topological polar surface area (TPSA) is 314 Å². The van der Waals surface area contributed by atoms with Crippen molar-refractivity contribution in [3.63, 3.8) is 0 Å². The second kappa shape index (κ2) is 40.3. The number of rotatable bonds is 39. The Morgan fingerprint density at radius 3 is 1.59 bits per heavy atom. The Morgan fingerprint density at radius 2 is 1.05 bits per heavy atom. The number of benzene rings is 5. The van der Waals surface area contributed by atoms with E-state index in [2.05, 4.69) is 157 Å². The molecule has 0 aromatic heterocycles. The molecule has 25 nitrogen and oxygen atoms in total. The molecule has 1 aliphatic carbocycles. The molecule has 27 heteroatoms. The van der Waals surface area contributed by atoms with Gasteiger partial charge in [-0.1, -0.05) is 86.7 Å². The van der Waals surface area contributed by atoms with E-state index in [4.69, 9.17) is 4.74 Å². The Bertz CT molecular complexity index is 4410. The second-order valence-corrected chi connectivity index (χ2v) is 34.0. The summed E-state index contributed by atoms with van der Waals surface area (Å²) in [6.45, 7) is 16.5. The minimum absolute atomic E-state index is 0.0193. The minimum atomic E-state index is -4.13. The summed E-state index contributed by atoms with van der Waals surface area (Å²) in [7, 11) is -4.11. The van der Waals surface area contributed by atoms with Crippen molar-refractivity contribution in [2.24, 2.45) is 0 Å². The van der Waals surface area contributed by atoms with Gasteiger partial charge in [-0.05, 0) is 205 Å². The standard InChI is InChI=1S/C83H114N10O15S2/c1-82(2)72(92(46-13-15-56-109(102,103)104)70-35-29-63-20-7-9-24-68(63)79(70)82)37-31-65-22-17-23-66(32-38-73-83(3,4)80-69-25-10-8-21-64(69)30-36-71(80)93(73)47-14-16-57-110(105,106)107)81(65)108-67-33-26-62(27-34-67)28-39-74(94)84-40-18-44-86(5)42-11-12-43-87(6)45-19-41-85-75(95)58-88-48-50-89(59-76(96)97)52-54-91(61-78(100)101)55-53-90(51-49-88)60-77(98)99/h7-10,20-21,24-27,29-38H,11-19,22-23,28,39-61H2,1-6H3,(H6-,84,85,94,95,96,97,98,99,100,101,102,103,104,105,106,107)/p+1. The molecule has 4 aliphatic rings. The SMILES string of the molecule is CN(CCCCN(C)CCCNC(=O)CN1CCN(CC(=O)O)CCN(CC(=O)O)CCN(CC(=O)O)CC1)CCCNC(=O)CCc1ccc(OC2=C(/C=C/C3=[N+](CCCCS(=O)(=O)O)c4ccc5ccccc5c4C3(C)C)CCC/C2=C\C=C2\N(CCCCS(=O)(=O)O)c3ccc4ccccc4c3C2(C)C)cc1. The van der Waals surface area contributed by atoms with E-state index in [9.17, 15) is 65.2 Å². The summed E-state index contributed by atoms with van der Waals surface area (Å²) in [5.41, 5.74) is 8.67. The average Bonchev–Trinajstić information content (AvgIpc) is 1.58. The highest BCUT2D eigenvalue weighted by Gasteiger charge is 2.46. The lowest BCUT2D eigenvalue weighted by Crippen LogP contribution is -2.49. The van der Waals surface area contributed by atoms with Crippen LogP contribution in [0.3, 0.4) is 0 Å². The Morgan fingerprint density at radius 1 is 0.545 bits per heavy atom. The van der Waals surface area contributed by atoms with Gasteiger partial charge in [0.15, 0.2) is 5.71 Å². The van der Waals surface area contributed by atoms with Crippen LogP contribution in [0.15, 0.2) is 144 Å². The molecule has 1 fully saturated rings. The molecule has 9 rings (SSSR count). The van der Waals surface area contributed by atoms with Crippen LogP contribution >= 0.6 is 0 Å². The van der Waals surface area contributed by atoms with E-state index in [0.29, 0.717) is 123 Å². The number of nitrogens with zero attached hydrogens (tertiary/aromatic N) is 8. The van der Waals surface area contributed by atoms with Crippen LogP contribution in [0, 0.1) is 0 Å². The van der Waals surface area contributed by atoms with Gasteiger partial charge in [-0.2, -0.15) is 21.4 Å². The Labute approximate surface area is 649 Å². The molecule has 1 saturated heterocycles. The van der Waals surface area contributed by atoms with Gasteiger partial charge < -0.3 is 45.4 Å². The molecule has 0 bridgehead atoms. The molecule has 0 atom stereocenters. The third kappa shape index (κ3) is 25.4. The maximum Gasteiger partial charge on any atom is 0.317 e. The number of carboxylic acids is 3. The number of nitrogens with one attached hydrogen (secondary N) is 2. The number of unbranched alkanes of at least 4 members (excludes halogenated alkanes) is 3. The largest absolute Gasteiger partial charge is 0.480 e. The molecule has 7 N–H and O–H groups in total. The van der Waals surface area contributed by atoms with Crippen LogP contribution in [0.4, 0.5) is 11.4 Å². The quantitative estimate of drug-likeness (QED) is 0.0109. The van der Waals surface area contributed by atoms with Crippen molar-refractivity contribution in [2.75, 3.05) is 161 Å². The van der Waals surface area contributed by atoms with Crippen molar-refractivity contribution in [2.45, 2.75) is 122 Å². The lowest BCUT2D eigenvalue weighted by atomic mass is 9.78. The maximum absolute atomic E-state index is 13.3. The Balaban J connectivity index is 0.786. The fourth-order valence-corrected chi connectivity index (χ4v) is 16.9. The zero-order valence-electron chi connectivity index (χ0n) is 65.0. The van der Waals surface area contributed by atoms with E-state index in [1.54, 1.807) is 14.7 Å². The maximum atomic E-state index is 13.3. The molecule has 0 radical (unpaired) electrons. The molecule has 5 aromatic rings. The highest BCUT2D eigenvalue weighted by atomic mass is 32.2. The average molecular weight is 1560 g/mol. The van der Waals surface area contributed by atoms with Gasteiger partial charge in [0, 0.05) is 119 Å². The second-order valence-electron chi connectivity index (χ2n) is 30.8. The molecular weight excluding hydrogens is 1440 g/mol. The van der Waals surface area contributed by atoms with E-state index in [0.717, 1.165) is 138 Å². The Hall–Kier alpha value is -8.22. The van der Waals surface area contributed by atoms with Gasteiger partial charge in [-0.3, -0.25) is 52.7 Å². The van der Waals surface area contributed by atoms with Crippen LogP contribution in [0.1, 0.15) is 121 Å². The van der Waals surface area contributed by atoms with Crippen molar-refractivity contribution in [1.82, 2.24) is 40.0 Å². The molecule has 0 unspecified atom stereocenters. The molecule has 3 heterocycles. The highest BCUT2D eigenvalue weighted by Crippen LogP contribution is 2.51. The van der Waals surface area contributed by atoms with Crippen LogP contribution in [-0.4, -0.2) is 267 Å². The first-order chi connectivity index (χ1) is 52.4. The summed E-state index contributed by atoms with van der Waals surface area (Å²) < 4.78 is 76.2. The van der Waals surface area contributed by atoms with Gasteiger partial charge in [0.1, 0.15) is 18.1 Å². The zero-order valence-corrected chi connectivity index (χ0v) is 66.6. The molecule has 2 amide bonds. The Kier molecular flexibility index (Phi) is 31.4. The number of ether oxygens (including phenoxy) is 1. The normalized spacial score (nSPS) is 17.9. The number of carbonyl (C=O) groups is 5. The molecule has 5 aromatic carbocycles. The summed E-state index contributed by atoms with van der Waals surface area (Å²) in [5, 5.41) is 39.3. The first-order valence-corrected chi connectivity index (χ1v) is 42.1. The van der Waals surface area contributed by atoms with Gasteiger partial charge in [-0.25, -0.2) is 0 Å². The summed E-state index contributed by atoms with van der Waals surface area (Å²) in [6.07, 6.45) is 17.1. The van der Waals surface area contributed by atoms with Crippen molar-refractivity contribution in [3.8, 4) is 5.75 Å². The van der Waals surface area contributed by atoms with Crippen LogP contribution in [0.25, 0.3) is 21.5 Å². The van der Waals surface area contributed by atoms with Crippen LogP contribution in [0.2, 0.25) is 0 Å². The first-order valence-electron chi connectivity index (χ1n) is 38.8. The molecule has 0 saturated carbocycles. The predicted octanol–water partition coefficient (Wildman–Crippen LogP) is 9.45. The number of allylic oxidation sites excluding steroid dienone is 7. The number of carbonyl (C=O) groups excluding carboxylic acids is 2. The van der Waals surface area contributed by atoms with E-state index < -0.39 is 49.0 Å². The van der Waals surface area contributed by atoms with Crippen molar-refractivity contribution in [3.05, 3.63) is 161 Å². The molecule has 0 spiro atoms. The van der Waals surface area contributed by atoms with Crippen molar-refractivity contribution >= 4 is 88.6 Å². The van der Waals surface area contributed by atoms with Gasteiger partial charge in [0.05, 0.1) is 43.1 Å². The van der Waals surface area contributed by atoms with E-state index in [-0.39, 0.29) is 49.5 Å². The molecular formula is C83H115N10O15S2+. The third-order valence-corrected chi connectivity index (χ3v) is 23.1. The number of amides is 2. The summed E-state index contributed by atoms with van der Waals surface area (Å²) in [6, 6.07) is 33.3. The number of anilines is 1. The smallest absolute Gasteiger partial charge is 0.317 e. The lowest BCUT2D eigenvalue weighted by Gasteiger charge is -2.32. The van der Waals surface area contributed by atoms with Crippen LogP contribution in [0.5, 0.6) is 5.75 Å². The lowest BCUT2D eigenvalue weighted by molar-refractivity contribution is -0.438. The van der Waals surface area contributed by atoms with E-state index in [1.165, 1.54) is 11.1 Å². The van der Waals surface area contributed by atoms with Crippen LogP contribution in [-0.2, 0) is 61.5 Å². The van der Waals surface area contributed by atoms with Gasteiger partial charge in [0.25, 0.3) is 20.2 Å². The van der Waals surface area contributed by atoms with Crippen molar-refractivity contribution < 1.29 is 74.5 Å². The predicted molar refractivity (Wildman–Crippen MR) is 432 cm³/mol. The number of hydrogen-bond donors (Lipinski definition) is 7. The fraction of sp³-hybridized carbons (Fsp3) is 0.518. The van der Waals surface area contributed by atoms with E-state index in [1.807, 2.05) is 41.3 Å². The van der Waals surface area contributed by atoms with Gasteiger partial charge in [-0.15, -0.1) is 0 Å². The zero-order chi connectivity index (χ0) is 79.2. The summed E-state index contributed by atoms with van der Waals surface area (Å²) in [5.74, 6) is -2.49. The first kappa shape index (κ1) is 85.8. The van der Waals surface area contributed by atoms with Gasteiger partial charge in [0.2, 0.25) is 17.5 Å². The fourth-order valence-electron chi connectivity index (χ4n) is 15.7. The summed E-state index contributed by atoms with van der Waals surface area (Å²) in [4.78, 5) is 75.3. The number of aryl methyl sites for hydroxylation is 1. The van der Waals surface area contributed by atoms with E-state index >= 15 is 0 Å². The molecule has 110 heavy (non-hydrogen) atoms. The number of hydrogen-bond acceptors (Lipinski definition) is 17. The molecule has 3 aliphatic heterocycles. The van der Waals surface area contributed by atoms with Gasteiger partial charge >= 0.3 is 17.9 Å². The van der Waals surface area contributed by atoms with Crippen molar-refractivity contribution in [1.29, 1.82) is 0 Å². The molecule has 598 valence electrons. The number of carboxylic acid groups (broad SMARTS) is 3. The minimum Gasteiger partial charge on any atom is -0.480 e. The monoisotopic (exact) mass is 1560 g/mol. The van der Waals surface area contributed by atoms with Crippen LogP contribution < -0.4 is 20.3 Å². The number of aliphatic carboxylic acids is 3.